The summed E-state index contributed by atoms with van der Waals surface area (Å²) >= 11 is 0. The number of carbonyl (C=O) groups excluding carboxylic acids is 1. The molecule has 134 valence electrons. The number of carbonyl (C=O) groups is 2. The van der Waals surface area contributed by atoms with Crippen LogP contribution in [-0.4, -0.2) is 43.5 Å². The number of rotatable bonds is 8. The Bertz CT molecular complexity index is 757. The van der Waals surface area contributed by atoms with E-state index in [0.29, 0.717) is 17.1 Å². The van der Waals surface area contributed by atoms with Gasteiger partial charge in [-0.3, -0.25) is 9.59 Å². The van der Waals surface area contributed by atoms with E-state index in [2.05, 4.69) is 10.5 Å². The molecule has 1 unspecified atom stereocenters. The first kappa shape index (κ1) is 18.1. The van der Waals surface area contributed by atoms with Crippen LogP contribution in [0.2, 0.25) is 0 Å². The van der Waals surface area contributed by atoms with E-state index >= 15 is 0 Å². The second-order valence-electron chi connectivity index (χ2n) is 4.97. The van der Waals surface area contributed by atoms with Crippen molar-refractivity contribution in [2.75, 3.05) is 21.3 Å². The first-order valence-electron chi connectivity index (χ1n) is 7.23. The highest BCUT2D eigenvalue weighted by molar-refractivity contribution is 5.92. The van der Waals surface area contributed by atoms with Gasteiger partial charge in [0.15, 0.2) is 0 Å². The van der Waals surface area contributed by atoms with Gasteiger partial charge in [0.1, 0.15) is 11.5 Å². The summed E-state index contributed by atoms with van der Waals surface area (Å²) < 4.78 is 20.1. The highest BCUT2D eigenvalue weighted by atomic mass is 16.5. The van der Waals surface area contributed by atoms with Crippen LogP contribution in [0.25, 0.3) is 0 Å². The molecule has 1 aromatic heterocycles. The molecular weight excluding hydrogens is 332 g/mol. The van der Waals surface area contributed by atoms with Crippen molar-refractivity contribution in [1.82, 2.24) is 10.5 Å². The molecule has 0 radical (unpaired) electrons. The Morgan fingerprint density at radius 1 is 1.20 bits per heavy atom. The van der Waals surface area contributed by atoms with Gasteiger partial charge in [-0.05, 0) is 17.3 Å². The Labute approximate surface area is 143 Å². The smallest absolute Gasteiger partial charge is 0.305 e. The minimum Gasteiger partial charge on any atom is -0.497 e. The molecule has 2 N–H and O–H groups in total. The summed E-state index contributed by atoms with van der Waals surface area (Å²) in [6.07, 6.45) is -0.348. The fourth-order valence-corrected chi connectivity index (χ4v) is 2.21. The SMILES string of the molecule is COc1ccc(C(CC(=O)O)NC(=O)c2cc(OC)no2)c(OC)c1. The zero-order valence-electron chi connectivity index (χ0n) is 13.9. The highest BCUT2D eigenvalue weighted by Crippen LogP contribution is 2.31. The molecule has 0 bridgehead atoms. The van der Waals surface area contributed by atoms with E-state index in [1.807, 2.05) is 0 Å². The van der Waals surface area contributed by atoms with E-state index in [-0.39, 0.29) is 18.1 Å². The molecular formula is C16H18N2O7. The van der Waals surface area contributed by atoms with Gasteiger partial charge in [0.05, 0.1) is 39.9 Å². The van der Waals surface area contributed by atoms with Crippen LogP contribution in [0.15, 0.2) is 28.8 Å². The second kappa shape index (κ2) is 8.04. The lowest BCUT2D eigenvalue weighted by molar-refractivity contribution is -0.137. The van der Waals surface area contributed by atoms with E-state index in [0.717, 1.165) is 0 Å². The number of aromatic nitrogens is 1. The van der Waals surface area contributed by atoms with Crippen LogP contribution in [0.3, 0.4) is 0 Å². The van der Waals surface area contributed by atoms with Crippen LogP contribution in [-0.2, 0) is 4.79 Å². The molecule has 2 aromatic rings. The minimum absolute atomic E-state index is 0.0975. The predicted octanol–water partition coefficient (Wildman–Crippen LogP) is 1.65. The maximum absolute atomic E-state index is 12.3. The van der Waals surface area contributed by atoms with Crippen molar-refractivity contribution in [2.45, 2.75) is 12.5 Å². The van der Waals surface area contributed by atoms with Gasteiger partial charge in [0.2, 0.25) is 5.76 Å². The van der Waals surface area contributed by atoms with Crippen molar-refractivity contribution in [3.63, 3.8) is 0 Å². The normalized spacial score (nSPS) is 11.5. The number of amides is 1. The number of aliphatic carboxylic acids is 1. The Hall–Kier alpha value is -3.23. The lowest BCUT2D eigenvalue weighted by Gasteiger charge is -2.19. The van der Waals surface area contributed by atoms with Crippen LogP contribution in [0.4, 0.5) is 0 Å². The molecule has 1 heterocycles. The third kappa shape index (κ3) is 4.40. The van der Waals surface area contributed by atoms with Crippen molar-refractivity contribution >= 4 is 11.9 Å². The second-order valence-corrected chi connectivity index (χ2v) is 4.97. The first-order valence-corrected chi connectivity index (χ1v) is 7.23. The Morgan fingerprint density at radius 2 is 1.96 bits per heavy atom. The largest absolute Gasteiger partial charge is 0.497 e. The van der Waals surface area contributed by atoms with Crippen LogP contribution in [0, 0.1) is 0 Å². The van der Waals surface area contributed by atoms with Gasteiger partial charge in [-0.15, -0.1) is 0 Å². The summed E-state index contributed by atoms with van der Waals surface area (Å²) in [6, 6.07) is 5.34. The van der Waals surface area contributed by atoms with Gasteiger partial charge in [-0.2, -0.15) is 0 Å². The van der Waals surface area contributed by atoms with Gasteiger partial charge in [0.25, 0.3) is 11.8 Å². The van der Waals surface area contributed by atoms with E-state index in [1.165, 1.54) is 27.4 Å². The fourth-order valence-electron chi connectivity index (χ4n) is 2.21. The van der Waals surface area contributed by atoms with Crippen molar-refractivity contribution in [1.29, 1.82) is 0 Å². The standard InChI is InChI=1S/C16H18N2O7/c1-22-9-4-5-10(12(6-9)23-2)11(7-15(19)20)17-16(21)13-8-14(24-3)18-25-13/h4-6,8,11H,7H2,1-3H3,(H,17,21)(H,19,20). The monoisotopic (exact) mass is 350 g/mol. The molecule has 0 fully saturated rings. The molecule has 9 nitrogen and oxygen atoms in total. The van der Waals surface area contributed by atoms with Crippen molar-refractivity contribution < 1.29 is 33.4 Å². The molecule has 1 aromatic carbocycles. The van der Waals surface area contributed by atoms with Gasteiger partial charge >= 0.3 is 5.97 Å². The van der Waals surface area contributed by atoms with Gasteiger partial charge in [-0.25, -0.2) is 0 Å². The average Bonchev–Trinajstić information content (AvgIpc) is 3.09. The number of nitrogens with zero attached hydrogens (tertiary/aromatic N) is 1. The molecule has 1 amide bonds. The highest BCUT2D eigenvalue weighted by Gasteiger charge is 2.24. The summed E-state index contributed by atoms with van der Waals surface area (Å²) in [7, 11) is 4.33. The van der Waals surface area contributed by atoms with Crippen molar-refractivity contribution in [3.8, 4) is 17.4 Å². The number of carboxylic acids is 1. The number of nitrogens with one attached hydrogen (secondary N) is 1. The molecule has 25 heavy (non-hydrogen) atoms. The molecule has 0 saturated heterocycles. The first-order chi connectivity index (χ1) is 12.0. The Morgan fingerprint density at radius 3 is 2.52 bits per heavy atom. The topological polar surface area (TPSA) is 120 Å². The molecule has 0 spiro atoms. The predicted molar refractivity (Wildman–Crippen MR) is 85.1 cm³/mol. The van der Waals surface area contributed by atoms with E-state index in [1.54, 1.807) is 18.2 Å². The number of methoxy groups -OCH3 is 3. The van der Waals surface area contributed by atoms with Crippen LogP contribution < -0.4 is 19.5 Å². The zero-order valence-corrected chi connectivity index (χ0v) is 13.9. The van der Waals surface area contributed by atoms with Crippen LogP contribution >= 0.6 is 0 Å². The summed E-state index contributed by atoms with van der Waals surface area (Å²) in [4.78, 5) is 23.5. The summed E-state index contributed by atoms with van der Waals surface area (Å²) in [5, 5.41) is 15.3. The van der Waals surface area contributed by atoms with Gasteiger partial charge < -0.3 is 29.2 Å². The molecule has 0 aliphatic carbocycles. The molecule has 9 heteroatoms. The van der Waals surface area contributed by atoms with E-state index in [4.69, 9.17) is 23.8 Å². The minimum atomic E-state index is -1.08. The maximum atomic E-state index is 12.3. The van der Waals surface area contributed by atoms with Gasteiger partial charge in [0, 0.05) is 11.6 Å². The Balaban J connectivity index is 2.29. The third-order valence-electron chi connectivity index (χ3n) is 3.42. The molecule has 0 saturated carbocycles. The maximum Gasteiger partial charge on any atom is 0.305 e. The number of carboxylic acid groups (broad SMARTS) is 1. The summed E-state index contributed by atoms with van der Waals surface area (Å²) in [5.41, 5.74) is 0.491. The number of hydrogen-bond donors (Lipinski definition) is 2. The molecule has 0 aliphatic heterocycles. The van der Waals surface area contributed by atoms with Crippen LogP contribution in [0.1, 0.15) is 28.6 Å². The Kier molecular flexibility index (Phi) is 5.83. The average molecular weight is 350 g/mol. The number of benzene rings is 1. The van der Waals surface area contributed by atoms with Crippen LogP contribution in [0.5, 0.6) is 17.4 Å². The summed E-state index contributed by atoms with van der Waals surface area (Å²) in [6.45, 7) is 0. The van der Waals surface area contributed by atoms with E-state index < -0.39 is 17.9 Å². The summed E-state index contributed by atoms with van der Waals surface area (Å²) in [5.74, 6) is -0.734. The van der Waals surface area contributed by atoms with E-state index in [9.17, 15) is 9.59 Å². The lowest BCUT2D eigenvalue weighted by atomic mass is 10.0. The molecule has 1 atom stereocenters. The van der Waals surface area contributed by atoms with Gasteiger partial charge in [-0.1, -0.05) is 0 Å². The zero-order chi connectivity index (χ0) is 18.4. The molecule has 0 aliphatic rings. The third-order valence-corrected chi connectivity index (χ3v) is 3.42. The van der Waals surface area contributed by atoms with Crippen molar-refractivity contribution in [3.05, 3.63) is 35.6 Å². The number of hydrogen-bond acceptors (Lipinski definition) is 7. The number of ether oxygens (including phenoxy) is 3. The fraction of sp³-hybridized carbons (Fsp3) is 0.312. The quantitative estimate of drug-likeness (QED) is 0.737. The van der Waals surface area contributed by atoms with Crippen molar-refractivity contribution in [2.24, 2.45) is 0 Å². The molecule has 2 rings (SSSR count). The lowest BCUT2D eigenvalue weighted by Crippen LogP contribution is -2.30.